The molecule has 4 rings (SSSR count). The smallest absolute Gasteiger partial charge is 0.256 e. The molecular formula is C20H17N5O. The lowest BCUT2D eigenvalue weighted by molar-refractivity contribution is 0.102. The van der Waals surface area contributed by atoms with E-state index >= 15 is 0 Å². The summed E-state index contributed by atoms with van der Waals surface area (Å²) < 4.78 is 1.82. The number of benzene rings is 2. The van der Waals surface area contributed by atoms with Crippen LogP contribution in [0.5, 0.6) is 0 Å². The van der Waals surface area contributed by atoms with Gasteiger partial charge in [-0.3, -0.25) is 4.79 Å². The first-order valence-electron chi connectivity index (χ1n) is 8.21. The highest BCUT2D eigenvalue weighted by Gasteiger charge is 2.20. The van der Waals surface area contributed by atoms with Gasteiger partial charge in [-0.05, 0) is 24.3 Å². The van der Waals surface area contributed by atoms with E-state index in [2.05, 4.69) is 21.9 Å². The van der Waals surface area contributed by atoms with Crippen molar-refractivity contribution < 1.29 is 4.79 Å². The van der Waals surface area contributed by atoms with Gasteiger partial charge in [-0.2, -0.15) is 0 Å². The van der Waals surface area contributed by atoms with Crippen molar-refractivity contribution in [3.8, 4) is 0 Å². The van der Waals surface area contributed by atoms with E-state index in [4.69, 9.17) is 5.73 Å². The molecule has 2 aromatic carbocycles. The number of aromatic nitrogens is 3. The fourth-order valence-corrected chi connectivity index (χ4v) is 2.93. The number of anilines is 2. The average molecular weight is 343 g/mol. The molecule has 6 nitrogen and oxygen atoms in total. The molecule has 2 aromatic heterocycles. The highest BCUT2D eigenvalue weighted by atomic mass is 16.1. The van der Waals surface area contributed by atoms with Crippen molar-refractivity contribution in [2.45, 2.75) is 6.54 Å². The Hall–Kier alpha value is -3.67. The molecule has 1 amide bonds. The maximum absolute atomic E-state index is 12.6. The van der Waals surface area contributed by atoms with Gasteiger partial charge in [0.1, 0.15) is 17.0 Å². The lowest BCUT2D eigenvalue weighted by Gasteiger charge is -2.10. The van der Waals surface area contributed by atoms with Crippen molar-refractivity contribution in [3.05, 3.63) is 72.8 Å². The zero-order valence-corrected chi connectivity index (χ0v) is 14.0. The summed E-state index contributed by atoms with van der Waals surface area (Å²) in [4.78, 5) is 21.9. The summed E-state index contributed by atoms with van der Waals surface area (Å²) in [5, 5.41) is 2.90. The molecule has 6 heteroatoms. The minimum Gasteiger partial charge on any atom is -0.394 e. The first-order chi connectivity index (χ1) is 12.7. The molecule has 0 radical (unpaired) electrons. The number of allylic oxidation sites excluding steroid dienone is 1. The molecule has 0 saturated heterocycles. The second kappa shape index (κ2) is 6.33. The van der Waals surface area contributed by atoms with E-state index < -0.39 is 0 Å². The number of hydrogen-bond acceptors (Lipinski definition) is 4. The van der Waals surface area contributed by atoms with Gasteiger partial charge in [-0.15, -0.1) is 6.58 Å². The van der Waals surface area contributed by atoms with Gasteiger partial charge in [0.2, 0.25) is 0 Å². The predicted octanol–water partition coefficient (Wildman–Crippen LogP) is 3.61. The van der Waals surface area contributed by atoms with Gasteiger partial charge in [0.25, 0.3) is 5.91 Å². The van der Waals surface area contributed by atoms with Crippen molar-refractivity contribution in [2.75, 3.05) is 11.1 Å². The summed E-state index contributed by atoms with van der Waals surface area (Å²) in [6, 6.07) is 16.6. The number of nitrogens with two attached hydrogens (primary N) is 1. The summed E-state index contributed by atoms with van der Waals surface area (Å²) in [6.07, 6.45) is 1.73. The third kappa shape index (κ3) is 2.57. The minimum absolute atomic E-state index is 0.241. The van der Waals surface area contributed by atoms with Crippen molar-refractivity contribution in [3.63, 3.8) is 0 Å². The average Bonchev–Trinajstić information content (AvgIpc) is 2.92. The van der Waals surface area contributed by atoms with Crippen LogP contribution in [0.15, 0.2) is 67.3 Å². The molecule has 3 N–H and O–H groups in total. The molecule has 0 fully saturated rings. The largest absolute Gasteiger partial charge is 0.394 e. The van der Waals surface area contributed by atoms with Crippen LogP contribution in [0.2, 0.25) is 0 Å². The summed E-state index contributed by atoms with van der Waals surface area (Å²) in [5.41, 5.74) is 9.96. The Morgan fingerprint density at radius 1 is 1.08 bits per heavy atom. The van der Waals surface area contributed by atoms with Gasteiger partial charge in [-0.25, -0.2) is 9.97 Å². The van der Waals surface area contributed by atoms with E-state index in [9.17, 15) is 4.79 Å². The van der Waals surface area contributed by atoms with Crippen LogP contribution in [0.1, 0.15) is 10.4 Å². The number of nitrogens with zero attached hydrogens (tertiary/aromatic N) is 3. The fraction of sp³-hybridized carbons (Fsp3) is 0.0500. The SMILES string of the molecule is C=CCn1c(NC(=O)c2ccccc2)c(N)c2nc3ccccc3nc21. The van der Waals surface area contributed by atoms with Crippen molar-refractivity contribution in [1.29, 1.82) is 0 Å². The Morgan fingerprint density at radius 2 is 1.73 bits per heavy atom. The summed E-state index contributed by atoms with van der Waals surface area (Å²) >= 11 is 0. The molecule has 0 aliphatic rings. The maximum atomic E-state index is 12.6. The Balaban J connectivity index is 1.88. The Morgan fingerprint density at radius 3 is 2.42 bits per heavy atom. The van der Waals surface area contributed by atoms with E-state index in [-0.39, 0.29) is 5.91 Å². The number of nitrogens with one attached hydrogen (secondary N) is 1. The topological polar surface area (TPSA) is 85.8 Å². The van der Waals surface area contributed by atoms with Crippen LogP contribution in [0.25, 0.3) is 22.2 Å². The molecule has 0 unspecified atom stereocenters. The summed E-state index contributed by atoms with van der Waals surface area (Å²) in [7, 11) is 0. The molecule has 4 aromatic rings. The van der Waals surface area contributed by atoms with Gasteiger partial charge >= 0.3 is 0 Å². The number of hydrogen-bond donors (Lipinski definition) is 2. The number of carbonyl (C=O) groups is 1. The Bertz CT molecular complexity index is 1130. The van der Waals surface area contributed by atoms with Gasteiger partial charge in [-0.1, -0.05) is 36.4 Å². The van der Waals surface area contributed by atoms with Crippen LogP contribution in [0.3, 0.4) is 0 Å². The zero-order chi connectivity index (χ0) is 18.1. The van der Waals surface area contributed by atoms with Crippen LogP contribution < -0.4 is 11.1 Å². The molecule has 26 heavy (non-hydrogen) atoms. The third-order valence-corrected chi connectivity index (χ3v) is 4.17. The van der Waals surface area contributed by atoms with E-state index in [1.807, 2.05) is 47.0 Å². The standard InChI is InChI=1S/C20H17N5O/c1-2-12-25-18(24-20(26)13-8-4-3-5-9-13)16(21)17-19(25)23-15-11-7-6-10-14(15)22-17/h2-11H,1,12,21H2,(H,24,26). The lowest BCUT2D eigenvalue weighted by atomic mass is 10.2. The van der Waals surface area contributed by atoms with E-state index in [0.29, 0.717) is 34.8 Å². The quantitative estimate of drug-likeness (QED) is 0.554. The van der Waals surface area contributed by atoms with Gasteiger partial charge in [0, 0.05) is 12.1 Å². The third-order valence-electron chi connectivity index (χ3n) is 4.17. The van der Waals surface area contributed by atoms with Crippen LogP contribution in [0, 0.1) is 0 Å². The van der Waals surface area contributed by atoms with E-state index in [1.54, 1.807) is 18.2 Å². The van der Waals surface area contributed by atoms with Gasteiger partial charge < -0.3 is 15.6 Å². The van der Waals surface area contributed by atoms with Crippen molar-refractivity contribution in [1.82, 2.24) is 14.5 Å². The van der Waals surface area contributed by atoms with Crippen LogP contribution in [0.4, 0.5) is 11.5 Å². The second-order valence-electron chi connectivity index (χ2n) is 5.87. The number of nitrogen functional groups attached to an aromatic ring is 1. The highest BCUT2D eigenvalue weighted by Crippen LogP contribution is 2.32. The highest BCUT2D eigenvalue weighted by molar-refractivity contribution is 6.09. The molecule has 128 valence electrons. The Kier molecular flexibility index (Phi) is 3.85. The van der Waals surface area contributed by atoms with Crippen LogP contribution in [-0.2, 0) is 6.54 Å². The normalized spacial score (nSPS) is 10.9. The first kappa shape index (κ1) is 15.8. The number of para-hydroxylation sites is 2. The monoisotopic (exact) mass is 343 g/mol. The predicted molar refractivity (Wildman–Crippen MR) is 104 cm³/mol. The maximum Gasteiger partial charge on any atom is 0.256 e. The molecule has 0 aliphatic carbocycles. The first-order valence-corrected chi connectivity index (χ1v) is 8.21. The van der Waals surface area contributed by atoms with Crippen LogP contribution in [-0.4, -0.2) is 20.4 Å². The molecule has 0 spiro atoms. The Labute approximate surface area is 150 Å². The number of amides is 1. The molecule has 0 aliphatic heterocycles. The molecule has 0 bridgehead atoms. The molecular weight excluding hydrogens is 326 g/mol. The van der Waals surface area contributed by atoms with Gasteiger partial charge in [0.05, 0.1) is 11.0 Å². The summed E-state index contributed by atoms with van der Waals surface area (Å²) in [5.74, 6) is 0.235. The number of fused-ring (bicyclic) bond motifs is 2. The minimum atomic E-state index is -0.241. The summed E-state index contributed by atoms with van der Waals surface area (Å²) in [6.45, 7) is 4.24. The van der Waals surface area contributed by atoms with Crippen molar-refractivity contribution in [2.24, 2.45) is 0 Å². The number of rotatable bonds is 4. The van der Waals surface area contributed by atoms with Crippen molar-refractivity contribution >= 4 is 39.6 Å². The van der Waals surface area contributed by atoms with E-state index in [0.717, 1.165) is 11.0 Å². The van der Waals surface area contributed by atoms with Gasteiger partial charge in [0.15, 0.2) is 5.65 Å². The van der Waals surface area contributed by atoms with Crippen LogP contribution >= 0.6 is 0 Å². The zero-order valence-electron chi connectivity index (χ0n) is 14.0. The molecule has 0 atom stereocenters. The molecule has 0 saturated carbocycles. The van der Waals surface area contributed by atoms with E-state index in [1.165, 1.54) is 0 Å². The lowest BCUT2D eigenvalue weighted by Crippen LogP contribution is -2.16. The second-order valence-corrected chi connectivity index (χ2v) is 5.87. The molecule has 2 heterocycles. The fourth-order valence-electron chi connectivity index (χ4n) is 2.93. The number of carbonyl (C=O) groups excluding carboxylic acids is 1.